The Kier molecular flexibility index (Phi) is 9.43. The number of amides is 3. The van der Waals surface area contributed by atoms with Crippen molar-refractivity contribution < 1.29 is 18.8 Å². The molecule has 3 aromatic carbocycles. The average Bonchev–Trinajstić information content (AvgIpc) is 2.85. The van der Waals surface area contributed by atoms with E-state index in [0.717, 1.165) is 11.1 Å². The maximum absolute atomic E-state index is 13.4. The third-order valence-corrected chi connectivity index (χ3v) is 5.90. The monoisotopic (exact) mass is 493 g/mol. The van der Waals surface area contributed by atoms with Crippen LogP contribution in [-0.4, -0.2) is 35.8 Å². The molecule has 1 atom stereocenters. The number of thioether (sulfide) groups is 1. The molecule has 0 radical (unpaired) electrons. The summed E-state index contributed by atoms with van der Waals surface area (Å²) in [6.07, 6.45) is 2.44. The van der Waals surface area contributed by atoms with E-state index in [4.69, 9.17) is 0 Å². The van der Waals surface area contributed by atoms with E-state index in [0.29, 0.717) is 23.4 Å². The van der Waals surface area contributed by atoms with Gasteiger partial charge in [-0.25, -0.2) is 4.39 Å². The standard InChI is InChI=1S/C27H28FN3O3S/c1-18-6-3-8-20(14-18)26(33)31-24(12-13-35-2)27(34)29-17-19-7-4-11-23(15-19)30-25(32)21-9-5-10-22(28)16-21/h3-11,14-16,24H,12-13,17H2,1-2H3,(H,29,34)(H,30,32)(H,31,33). The lowest BCUT2D eigenvalue weighted by Crippen LogP contribution is -2.46. The van der Waals surface area contributed by atoms with Gasteiger partial charge in [0, 0.05) is 23.4 Å². The quantitative estimate of drug-likeness (QED) is 0.387. The highest BCUT2D eigenvalue weighted by Gasteiger charge is 2.21. The second-order valence-electron chi connectivity index (χ2n) is 8.06. The Balaban J connectivity index is 1.61. The molecule has 0 aliphatic heterocycles. The molecule has 0 spiro atoms. The van der Waals surface area contributed by atoms with Crippen LogP contribution in [0.5, 0.6) is 0 Å². The van der Waals surface area contributed by atoms with Gasteiger partial charge in [-0.15, -0.1) is 0 Å². The number of rotatable bonds is 10. The SMILES string of the molecule is CSCCC(NC(=O)c1cccc(C)c1)C(=O)NCc1cccc(NC(=O)c2cccc(F)c2)c1. The summed E-state index contributed by atoms with van der Waals surface area (Å²) in [5.41, 5.74) is 2.98. The number of hydrogen-bond acceptors (Lipinski definition) is 4. The Morgan fingerprint density at radius 1 is 0.914 bits per heavy atom. The van der Waals surface area contributed by atoms with Gasteiger partial charge in [-0.1, -0.05) is 35.9 Å². The van der Waals surface area contributed by atoms with Crippen LogP contribution in [-0.2, 0) is 11.3 Å². The van der Waals surface area contributed by atoms with Crippen molar-refractivity contribution in [3.05, 3.63) is 101 Å². The van der Waals surface area contributed by atoms with Crippen molar-refractivity contribution in [2.24, 2.45) is 0 Å². The predicted molar refractivity (Wildman–Crippen MR) is 138 cm³/mol. The summed E-state index contributed by atoms with van der Waals surface area (Å²) in [4.78, 5) is 38.0. The Morgan fingerprint density at radius 2 is 1.63 bits per heavy atom. The summed E-state index contributed by atoms with van der Waals surface area (Å²) in [7, 11) is 0. The van der Waals surface area contributed by atoms with Gasteiger partial charge in [-0.05, 0) is 73.4 Å². The van der Waals surface area contributed by atoms with Crippen LogP contribution in [0.3, 0.4) is 0 Å². The van der Waals surface area contributed by atoms with Gasteiger partial charge in [0.15, 0.2) is 0 Å². The summed E-state index contributed by atoms with van der Waals surface area (Å²) in [6.45, 7) is 2.13. The highest BCUT2D eigenvalue weighted by Crippen LogP contribution is 2.14. The minimum atomic E-state index is -0.675. The predicted octanol–water partition coefficient (Wildman–Crippen LogP) is 4.55. The first-order valence-corrected chi connectivity index (χ1v) is 12.5. The zero-order valence-corrected chi connectivity index (χ0v) is 20.5. The Labute approximate surface area is 208 Å². The van der Waals surface area contributed by atoms with Crippen LogP contribution in [0, 0.1) is 12.7 Å². The van der Waals surface area contributed by atoms with Gasteiger partial charge in [0.25, 0.3) is 11.8 Å². The van der Waals surface area contributed by atoms with Crippen molar-refractivity contribution in [3.63, 3.8) is 0 Å². The van der Waals surface area contributed by atoms with E-state index in [2.05, 4.69) is 16.0 Å². The van der Waals surface area contributed by atoms with Crippen LogP contribution in [0.2, 0.25) is 0 Å². The van der Waals surface area contributed by atoms with Crippen molar-refractivity contribution in [3.8, 4) is 0 Å². The lowest BCUT2D eigenvalue weighted by Gasteiger charge is -2.18. The molecule has 0 aromatic heterocycles. The molecule has 8 heteroatoms. The third kappa shape index (κ3) is 7.96. The molecule has 6 nitrogen and oxygen atoms in total. The fourth-order valence-corrected chi connectivity index (χ4v) is 3.91. The molecule has 0 saturated carbocycles. The zero-order valence-electron chi connectivity index (χ0n) is 19.6. The number of anilines is 1. The van der Waals surface area contributed by atoms with Crippen LogP contribution in [0.25, 0.3) is 0 Å². The van der Waals surface area contributed by atoms with Gasteiger partial charge >= 0.3 is 0 Å². The molecule has 3 N–H and O–H groups in total. The highest BCUT2D eigenvalue weighted by molar-refractivity contribution is 7.98. The van der Waals surface area contributed by atoms with E-state index >= 15 is 0 Å². The second kappa shape index (κ2) is 12.7. The summed E-state index contributed by atoms with van der Waals surface area (Å²) in [6, 6.07) is 19.0. The van der Waals surface area contributed by atoms with Crippen LogP contribution in [0.4, 0.5) is 10.1 Å². The second-order valence-corrected chi connectivity index (χ2v) is 9.05. The fraction of sp³-hybridized carbons (Fsp3) is 0.222. The van der Waals surface area contributed by atoms with Crippen molar-refractivity contribution >= 4 is 35.2 Å². The van der Waals surface area contributed by atoms with E-state index in [-0.39, 0.29) is 23.9 Å². The summed E-state index contributed by atoms with van der Waals surface area (Å²) < 4.78 is 13.4. The first-order valence-electron chi connectivity index (χ1n) is 11.2. The summed E-state index contributed by atoms with van der Waals surface area (Å²) in [5, 5.41) is 8.45. The maximum Gasteiger partial charge on any atom is 0.255 e. The van der Waals surface area contributed by atoms with Gasteiger partial charge in [-0.3, -0.25) is 14.4 Å². The van der Waals surface area contributed by atoms with Gasteiger partial charge in [0.2, 0.25) is 5.91 Å². The highest BCUT2D eigenvalue weighted by atomic mass is 32.2. The smallest absolute Gasteiger partial charge is 0.255 e. The molecule has 0 saturated heterocycles. The molecular formula is C27H28FN3O3S. The molecule has 3 rings (SSSR count). The zero-order chi connectivity index (χ0) is 25.2. The lowest BCUT2D eigenvalue weighted by molar-refractivity contribution is -0.123. The number of halogens is 1. The van der Waals surface area contributed by atoms with Crippen molar-refractivity contribution in [2.75, 3.05) is 17.3 Å². The molecule has 3 amide bonds. The molecule has 35 heavy (non-hydrogen) atoms. The first-order chi connectivity index (χ1) is 16.9. The van der Waals surface area contributed by atoms with Gasteiger partial charge in [0.05, 0.1) is 0 Å². The van der Waals surface area contributed by atoms with Crippen molar-refractivity contribution in [2.45, 2.75) is 25.9 Å². The summed E-state index contributed by atoms with van der Waals surface area (Å²) in [5.74, 6) is -0.777. The van der Waals surface area contributed by atoms with Gasteiger partial charge < -0.3 is 16.0 Å². The van der Waals surface area contributed by atoms with E-state index in [1.165, 1.54) is 24.3 Å². The number of benzene rings is 3. The number of aryl methyl sites for hydroxylation is 1. The topological polar surface area (TPSA) is 87.3 Å². The Hall–Kier alpha value is -3.65. The molecule has 0 heterocycles. The summed E-state index contributed by atoms with van der Waals surface area (Å²) >= 11 is 1.60. The minimum absolute atomic E-state index is 0.213. The third-order valence-electron chi connectivity index (χ3n) is 5.25. The molecule has 0 aliphatic carbocycles. The van der Waals surface area contributed by atoms with Crippen LogP contribution < -0.4 is 16.0 Å². The Morgan fingerprint density at radius 3 is 2.34 bits per heavy atom. The minimum Gasteiger partial charge on any atom is -0.350 e. The molecule has 0 fully saturated rings. The van der Waals surface area contributed by atoms with Gasteiger partial charge in [-0.2, -0.15) is 11.8 Å². The molecule has 1 unspecified atom stereocenters. The van der Waals surface area contributed by atoms with E-state index in [1.54, 1.807) is 48.2 Å². The number of nitrogens with one attached hydrogen (secondary N) is 3. The van der Waals surface area contributed by atoms with Gasteiger partial charge in [0.1, 0.15) is 11.9 Å². The van der Waals surface area contributed by atoms with Crippen LogP contribution >= 0.6 is 11.8 Å². The lowest BCUT2D eigenvalue weighted by atomic mass is 10.1. The maximum atomic E-state index is 13.4. The number of hydrogen-bond donors (Lipinski definition) is 3. The molecular weight excluding hydrogens is 465 g/mol. The van der Waals surface area contributed by atoms with Crippen molar-refractivity contribution in [1.82, 2.24) is 10.6 Å². The number of carbonyl (C=O) groups excluding carboxylic acids is 3. The first kappa shape index (κ1) is 26.0. The average molecular weight is 494 g/mol. The van der Waals surface area contributed by atoms with Crippen molar-refractivity contribution in [1.29, 1.82) is 0 Å². The fourth-order valence-electron chi connectivity index (χ4n) is 3.44. The Bertz CT molecular complexity index is 1200. The molecule has 182 valence electrons. The van der Waals surface area contributed by atoms with E-state index < -0.39 is 17.8 Å². The molecule has 3 aromatic rings. The van der Waals surface area contributed by atoms with Crippen LogP contribution in [0.15, 0.2) is 72.8 Å². The van der Waals surface area contributed by atoms with E-state index in [9.17, 15) is 18.8 Å². The molecule has 0 aliphatic rings. The molecule has 0 bridgehead atoms. The van der Waals surface area contributed by atoms with Crippen LogP contribution in [0.1, 0.15) is 38.3 Å². The normalized spacial score (nSPS) is 11.4. The largest absolute Gasteiger partial charge is 0.350 e. The number of carbonyl (C=O) groups is 3. The van der Waals surface area contributed by atoms with E-state index in [1.807, 2.05) is 25.3 Å².